The number of thiocarbonyl (C=S) groups is 1. The number of fused-ring (bicyclic) bond motifs is 1. The van der Waals surface area contributed by atoms with E-state index in [2.05, 4.69) is 10.2 Å². The summed E-state index contributed by atoms with van der Waals surface area (Å²) in [6.07, 6.45) is 2.62. The highest BCUT2D eigenvalue weighted by molar-refractivity contribution is 7.80. The molecule has 2 aromatic carbocycles. The van der Waals surface area contributed by atoms with E-state index in [-0.39, 0.29) is 17.8 Å². The van der Waals surface area contributed by atoms with Gasteiger partial charge in [0, 0.05) is 12.1 Å². The van der Waals surface area contributed by atoms with E-state index in [0.29, 0.717) is 5.56 Å². The fourth-order valence-corrected chi connectivity index (χ4v) is 4.64. The molecule has 0 radical (unpaired) electrons. The number of nitrogens with one attached hydrogen (secondary N) is 1. The van der Waals surface area contributed by atoms with Crippen molar-refractivity contribution in [2.24, 2.45) is 0 Å². The molecule has 0 spiro atoms. The van der Waals surface area contributed by atoms with Gasteiger partial charge in [-0.2, -0.15) is 0 Å². The van der Waals surface area contributed by atoms with Gasteiger partial charge in [0.2, 0.25) is 0 Å². The summed E-state index contributed by atoms with van der Waals surface area (Å²) in [4.78, 5) is 15.7. The molecule has 0 bridgehead atoms. The minimum Gasteiger partial charge on any atom is -0.357 e. The molecular weight excluding hydrogens is 359 g/mol. The van der Waals surface area contributed by atoms with Crippen LogP contribution in [0.2, 0.25) is 0 Å². The standard InChI is InChI=1S/C22H23FN2OS/c1-14-4-3-5-16(12-14)20(26)24-22(2)10-11-25(21(22)27)19-9-7-15-6-8-17(23)13-18(15)19/h3-6,8,12-13,19H,7,9-11H2,1-2H3,(H,24,26)/t19-,22+/m1/s1. The molecule has 27 heavy (non-hydrogen) atoms. The number of rotatable bonds is 3. The number of benzene rings is 2. The molecule has 2 aromatic rings. The summed E-state index contributed by atoms with van der Waals surface area (Å²) in [5.41, 5.74) is 3.36. The Balaban J connectivity index is 1.53. The Morgan fingerprint density at radius 2 is 2.11 bits per heavy atom. The quantitative estimate of drug-likeness (QED) is 0.802. The molecule has 1 N–H and O–H groups in total. The van der Waals surface area contributed by atoms with Crippen LogP contribution in [0.15, 0.2) is 42.5 Å². The van der Waals surface area contributed by atoms with Crippen LogP contribution >= 0.6 is 12.2 Å². The number of hydrogen-bond acceptors (Lipinski definition) is 2. The zero-order chi connectivity index (χ0) is 19.2. The van der Waals surface area contributed by atoms with Crippen LogP contribution < -0.4 is 5.32 Å². The molecule has 1 aliphatic heterocycles. The van der Waals surface area contributed by atoms with Gasteiger partial charge in [0.15, 0.2) is 0 Å². The first-order valence-electron chi connectivity index (χ1n) is 9.36. The van der Waals surface area contributed by atoms with Crippen LogP contribution in [0.25, 0.3) is 0 Å². The van der Waals surface area contributed by atoms with Crippen molar-refractivity contribution in [3.63, 3.8) is 0 Å². The van der Waals surface area contributed by atoms with Gasteiger partial charge in [-0.1, -0.05) is 36.0 Å². The van der Waals surface area contributed by atoms with Crippen molar-refractivity contribution in [1.82, 2.24) is 10.2 Å². The summed E-state index contributed by atoms with van der Waals surface area (Å²) in [5, 5.41) is 3.14. The Morgan fingerprint density at radius 3 is 2.89 bits per heavy atom. The maximum atomic E-state index is 13.8. The van der Waals surface area contributed by atoms with Gasteiger partial charge < -0.3 is 10.2 Å². The average molecular weight is 383 g/mol. The topological polar surface area (TPSA) is 32.3 Å². The molecule has 3 nitrogen and oxygen atoms in total. The maximum absolute atomic E-state index is 13.8. The van der Waals surface area contributed by atoms with Crippen LogP contribution in [0.3, 0.4) is 0 Å². The lowest BCUT2D eigenvalue weighted by Gasteiger charge is -2.31. The van der Waals surface area contributed by atoms with Gasteiger partial charge in [0.1, 0.15) is 10.8 Å². The van der Waals surface area contributed by atoms with Crippen LogP contribution in [-0.2, 0) is 6.42 Å². The van der Waals surface area contributed by atoms with Crippen molar-refractivity contribution in [2.75, 3.05) is 6.54 Å². The van der Waals surface area contributed by atoms with Crippen molar-refractivity contribution in [3.05, 3.63) is 70.5 Å². The molecule has 4 rings (SSSR count). The van der Waals surface area contributed by atoms with E-state index in [9.17, 15) is 9.18 Å². The number of amides is 1. The van der Waals surface area contributed by atoms with Gasteiger partial charge in [-0.15, -0.1) is 0 Å². The zero-order valence-corrected chi connectivity index (χ0v) is 16.4. The summed E-state index contributed by atoms with van der Waals surface area (Å²) in [5.74, 6) is -0.315. The summed E-state index contributed by atoms with van der Waals surface area (Å²) >= 11 is 5.79. The fourth-order valence-electron chi connectivity index (χ4n) is 4.27. The van der Waals surface area contributed by atoms with E-state index >= 15 is 0 Å². The van der Waals surface area contributed by atoms with E-state index in [0.717, 1.165) is 41.9 Å². The first-order chi connectivity index (χ1) is 12.9. The van der Waals surface area contributed by atoms with Crippen LogP contribution in [0.4, 0.5) is 4.39 Å². The highest BCUT2D eigenvalue weighted by Gasteiger charge is 2.44. The fraction of sp³-hybridized carbons (Fsp3) is 0.364. The average Bonchev–Trinajstić information content (AvgIpc) is 3.16. The van der Waals surface area contributed by atoms with Crippen molar-refractivity contribution in [1.29, 1.82) is 0 Å². The van der Waals surface area contributed by atoms with Crippen LogP contribution in [0.5, 0.6) is 0 Å². The Morgan fingerprint density at radius 1 is 1.30 bits per heavy atom. The number of nitrogens with zero attached hydrogens (tertiary/aromatic N) is 1. The van der Waals surface area contributed by atoms with E-state index in [4.69, 9.17) is 12.2 Å². The monoisotopic (exact) mass is 382 g/mol. The Bertz CT molecular complexity index is 928. The van der Waals surface area contributed by atoms with Gasteiger partial charge in [0.05, 0.1) is 11.6 Å². The largest absolute Gasteiger partial charge is 0.357 e. The van der Waals surface area contributed by atoms with Crippen LogP contribution in [-0.4, -0.2) is 27.9 Å². The second-order valence-electron chi connectivity index (χ2n) is 7.80. The van der Waals surface area contributed by atoms with Crippen molar-refractivity contribution in [2.45, 2.75) is 44.7 Å². The molecule has 1 saturated heterocycles. The number of aryl methyl sites for hydroxylation is 2. The maximum Gasteiger partial charge on any atom is 0.252 e. The third-order valence-electron chi connectivity index (χ3n) is 5.79. The van der Waals surface area contributed by atoms with E-state index in [1.807, 2.05) is 44.2 Å². The molecule has 0 unspecified atom stereocenters. The lowest BCUT2D eigenvalue weighted by Crippen LogP contribution is -2.51. The first-order valence-corrected chi connectivity index (χ1v) is 9.77. The van der Waals surface area contributed by atoms with Gasteiger partial charge in [-0.05, 0) is 68.5 Å². The van der Waals surface area contributed by atoms with Crippen LogP contribution in [0, 0.1) is 12.7 Å². The minimum atomic E-state index is -0.563. The van der Waals surface area contributed by atoms with Crippen molar-refractivity contribution in [3.8, 4) is 0 Å². The molecule has 1 fully saturated rings. The molecule has 0 saturated carbocycles. The normalized spacial score (nSPS) is 24.2. The van der Waals surface area contributed by atoms with Crippen molar-refractivity contribution < 1.29 is 9.18 Å². The summed E-state index contributed by atoms with van der Waals surface area (Å²) in [6, 6.07) is 12.7. The molecule has 0 aromatic heterocycles. The SMILES string of the molecule is Cc1cccc(C(=O)N[C@@]2(C)CCN([C@@H]3CCc4ccc(F)cc43)C2=S)c1. The van der Waals surface area contributed by atoms with Gasteiger partial charge in [0.25, 0.3) is 5.91 Å². The third-order valence-corrected chi connectivity index (χ3v) is 6.47. The highest BCUT2D eigenvalue weighted by Crippen LogP contribution is 2.40. The van der Waals surface area contributed by atoms with E-state index in [1.165, 1.54) is 11.6 Å². The Kier molecular flexibility index (Phi) is 4.50. The molecule has 5 heteroatoms. The molecule has 1 amide bonds. The van der Waals surface area contributed by atoms with E-state index < -0.39 is 5.54 Å². The Labute approximate surface area is 164 Å². The third kappa shape index (κ3) is 3.25. The zero-order valence-electron chi connectivity index (χ0n) is 15.6. The van der Waals surface area contributed by atoms with Crippen molar-refractivity contribution >= 4 is 23.1 Å². The number of hydrogen-bond donors (Lipinski definition) is 1. The number of likely N-dealkylation sites (tertiary alicyclic amines) is 1. The summed E-state index contributed by atoms with van der Waals surface area (Å²) in [7, 11) is 0. The predicted octanol–water partition coefficient (Wildman–Crippen LogP) is 4.34. The predicted molar refractivity (Wildman–Crippen MR) is 108 cm³/mol. The molecule has 140 valence electrons. The smallest absolute Gasteiger partial charge is 0.252 e. The molecule has 2 aliphatic rings. The second kappa shape index (κ2) is 6.71. The highest BCUT2D eigenvalue weighted by atomic mass is 32.1. The lowest BCUT2D eigenvalue weighted by atomic mass is 10.00. The number of carbonyl (C=O) groups is 1. The van der Waals surface area contributed by atoms with Gasteiger partial charge >= 0.3 is 0 Å². The van der Waals surface area contributed by atoms with E-state index in [1.54, 1.807) is 6.07 Å². The lowest BCUT2D eigenvalue weighted by molar-refractivity contribution is 0.0928. The van der Waals surface area contributed by atoms with Gasteiger partial charge in [-0.25, -0.2) is 4.39 Å². The molecule has 1 heterocycles. The number of carbonyl (C=O) groups excluding carboxylic acids is 1. The van der Waals surface area contributed by atoms with Gasteiger partial charge in [-0.3, -0.25) is 4.79 Å². The Hall–Kier alpha value is -2.27. The number of halogens is 1. The summed E-state index contributed by atoms with van der Waals surface area (Å²) in [6.45, 7) is 4.73. The summed E-state index contributed by atoms with van der Waals surface area (Å²) < 4.78 is 13.8. The minimum absolute atomic E-state index is 0.0981. The molecule has 1 aliphatic carbocycles. The second-order valence-corrected chi connectivity index (χ2v) is 8.19. The van der Waals surface area contributed by atoms with Crippen LogP contribution in [0.1, 0.15) is 52.9 Å². The molecular formula is C22H23FN2OS. The first kappa shape index (κ1) is 18.1. The molecule has 2 atom stereocenters.